The highest BCUT2D eigenvalue weighted by molar-refractivity contribution is 8.26. The van der Waals surface area contributed by atoms with Crippen LogP contribution in [0.2, 0.25) is 0 Å². The van der Waals surface area contributed by atoms with Gasteiger partial charge >= 0.3 is 11.9 Å². The Balaban J connectivity index is 1.69. The minimum Gasteiger partial charge on any atom is -0.424 e. The van der Waals surface area contributed by atoms with Gasteiger partial charge in [-0.3, -0.25) is 19.2 Å². The van der Waals surface area contributed by atoms with Crippen molar-refractivity contribution >= 4 is 70.6 Å². The number of rotatable bonds is 2. The summed E-state index contributed by atoms with van der Waals surface area (Å²) in [5.74, 6) is 0.188. The van der Waals surface area contributed by atoms with Crippen LogP contribution >= 0.6 is 47.0 Å². The first-order chi connectivity index (χ1) is 15.3. The van der Waals surface area contributed by atoms with Crippen LogP contribution in [-0.2, 0) is 19.2 Å². The third-order valence-corrected chi connectivity index (χ3v) is 10.7. The summed E-state index contributed by atoms with van der Waals surface area (Å²) >= 11 is 5.58. The van der Waals surface area contributed by atoms with Gasteiger partial charge in [0.2, 0.25) is 0 Å². The first kappa shape index (κ1) is 22.2. The Bertz CT molecular complexity index is 1050. The van der Waals surface area contributed by atoms with Gasteiger partial charge in [0, 0.05) is 37.8 Å². The van der Waals surface area contributed by atoms with E-state index in [2.05, 4.69) is 0 Å². The number of allylic oxidation sites excluding steroid dienone is 2. The Morgan fingerprint density at radius 2 is 0.969 bits per heavy atom. The first-order valence-electron chi connectivity index (χ1n) is 10.2. The predicted molar refractivity (Wildman–Crippen MR) is 124 cm³/mol. The lowest BCUT2D eigenvalue weighted by atomic mass is 10.2. The molecule has 32 heavy (non-hydrogen) atoms. The topological polar surface area (TPSA) is 86.7 Å². The molecule has 2 heterocycles. The van der Waals surface area contributed by atoms with Gasteiger partial charge < -0.3 is 9.47 Å². The summed E-state index contributed by atoms with van der Waals surface area (Å²) < 4.78 is 13.1. The molecule has 2 aliphatic heterocycles. The number of carbonyl (C=O) groups excluding carboxylic acids is 4. The molecule has 0 N–H and O–H groups in total. The second-order valence-electron chi connectivity index (χ2n) is 7.66. The molecule has 166 valence electrons. The van der Waals surface area contributed by atoms with Crippen LogP contribution in [0.4, 0.5) is 0 Å². The highest BCUT2D eigenvalue weighted by Gasteiger charge is 2.40. The zero-order valence-electron chi connectivity index (χ0n) is 17.3. The van der Waals surface area contributed by atoms with Crippen molar-refractivity contribution in [3.63, 3.8) is 0 Å². The number of fused-ring (bicyclic) bond motifs is 2. The number of ether oxygens (including phenoxy) is 2. The number of Topliss-reactive ketones (excluding diaryl/α,β-unsaturated/α-hetero) is 2. The van der Waals surface area contributed by atoms with Crippen LogP contribution in [0.3, 0.4) is 0 Å². The molecule has 0 atom stereocenters. The standard InChI is InChI=1S/C22H18O6S4/c1-9(23)27-15-17-19(31-21(29-17)11-5-3-7-13(11)25)16(28-10(2)24)20-18(15)30-22(32-20)12-6-4-8-14(12)26/h3-8H2,1-2H3. The van der Waals surface area contributed by atoms with E-state index in [-0.39, 0.29) is 11.6 Å². The van der Waals surface area contributed by atoms with Crippen molar-refractivity contribution in [1.29, 1.82) is 0 Å². The maximum atomic E-state index is 12.4. The average Bonchev–Trinajstić information content (AvgIpc) is 3.49. The van der Waals surface area contributed by atoms with Crippen LogP contribution in [0.25, 0.3) is 0 Å². The van der Waals surface area contributed by atoms with E-state index in [1.807, 2.05) is 0 Å². The minimum atomic E-state index is -0.457. The van der Waals surface area contributed by atoms with E-state index < -0.39 is 11.9 Å². The largest absolute Gasteiger partial charge is 0.424 e. The third-order valence-electron chi connectivity index (χ3n) is 5.34. The van der Waals surface area contributed by atoms with E-state index in [4.69, 9.17) is 9.47 Å². The summed E-state index contributed by atoms with van der Waals surface area (Å²) in [4.78, 5) is 51.4. The fourth-order valence-electron chi connectivity index (χ4n) is 3.99. The molecule has 0 radical (unpaired) electrons. The monoisotopic (exact) mass is 506 g/mol. The number of hydrogen-bond donors (Lipinski definition) is 0. The molecule has 2 fully saturated rings. The highest BCUT2D eigenvalue weighted by atomic mass is 32.2. The number of thioether (sulfide) groups is 4. The lowest BCUT2D eigenvalue weighted by molar-refractivity contribution is -0.133. The Morgan fingerprint density at radius 1 is 0.625 bits per heavy atom. The summed E-state index contributed by atoms with van der Waals surface area (Å²) in [6, 6.07) is 0. The van der Waals surface area contributed by atoms with Gasteiger partial charge in [-0.25, -0.2) is 0 Å². The molecule has 0 amide bonds. The maximum absolute atomic E-state index is 12.4. The van der Waals surface area contributed by atoms with Crippen molar-refractivity contribution < 1.29 is 28.7 Å². The molecule has 6 nitrogen and oxygen atoms in total. The molecular weight excluding hydrogens is 489 g/mol. The summed E-state index contributed by atoms with van der Waals surface area (Å²) in [6.45, 7) is 2.69. The van der Waals surface area contributed by atoms with E-state index in [0.717, 1.165) is 45.3 Å². The predicted octanol–water partition coefficient (Wildman–Crippen LogP) is 5.86. The normalized spacial score (nSPS) is 19.7. The summed E-state index contributed by atoms with van der Waals surface area (Å²) in [5.41, 5.74) is 1.58. The highest BCUT2D eigenvalue weighted by Crippen LogP contribution is 2.69. The van der Waals surface area contributed by atoms with Crippen LogP contribution in [0.1, 0.15) is 52.4 Å². The van der Waals surface area contributed by atoms with Crippen molar-refractivity contribution in [2.24, 2.45) is 0 Å². The average molecular weight is 507 g/mol. The number of hydrogen-bond acceptors (Lipinski definition) is 10. The lowest BCUT2D eigenvalue weighted by Crippen LogP contribution is -2.07. The van der Waals surface area contributed by atoms with E-state index in [9.17, 15) is 19.2 Å². The quantitative estimate of drug-likeness (QED) is 0.276. The number of benzene rings is 1. The minimum absolute atomic E-state index is 0.138. The maximum Gasteiger partial charge on any atom is 0.308 e. The summed E-state index contributed by atoms with van der Waals surface area (Å²) in [6.07, 6.45) is 4.17. The van der Waals surface area contributed by atoms with Crippen molar-refractivity contribution in [2.75, 3.05) is 0 Å². The Kier molecular flexibility index (Phi) is 5.98. The molecular formula is C22H18O6S4. The Labute approximate surface area is 201 Å². The first-order valence-corrected chi connectivity index (χ1v) is 13.4. The van der Waals surface area contributed by atoms with Gasteiger partial charge in [-0.05, 0) is 25.7 Å². The molecule has 0 spiro atoms. The van der Waals surface area contributed by atoms with Crippen molar-refractivity contribution in [3.05, 3.63) is 19.6 Å². The molecule has 0 unspecified atom stereocenters. The molecule has 2 aliphatic carbocycles. The molecule has 1 aromatic carbocycles. The van der Waals surface area contributed by atoms with Gasteiger partial charge in [-0.1, -0.05) is 47.0 Å². The van der Waals surface area contributed by atoms with Gasteiger partial charge in [0.1, 0.15) is 0 Å². The van der Waals surface area contributed by atoms with Gasteiger partial charge in [0.05, 0.1) is 28.1 Å². The zero-order valence-corrected chi connectivity index (χ0v) is 20.6. The van der Waals surface area contributed by atoms with Gasteiger partial charge in [-0.2, -0.15) is 0 Å². The molecule has 2 saturated carbocycles. The molecule has 0 aromatic heterocycles. The summed E-state index contributed by atoms with van der Waals surface area (Å²) in [5, 5.41) is 0. The van der Waals surface area contributed by atoms with Crippen LogP contribution in [0.15, 0.2) is 39.2 Å². The third kappa shape index (κ3) is 3.85. The van der Waals surface area contributed by atoms with Gasteiger partial charge in [-0.15, -0.1) is 0 Å². The van der Waals surface area contributed by atoms with E-state index in [0.29, 0.717) is 43.9 Å². The Morgan fingerprint density at radius 3 is 1.22 bits per heavy atom. The van der Waals surface area contributed by atoms with E-state index in [1.165, 1.54) is 60.9 Å². The summed E-state index contributed by atoms with van der Waals surface area (Å²) in [7, 11) is 0. The fraction of sp³-hybridized carbons (Fsp3) is 0.364. The lowest BCUT2D eigenvalue weighted by Gasteiger charge is -2.15. The molecule has 0 saturated heterocycles. The Hall–Kier alpha value is -1.62. The SMILES string of the molecule is CC(=O)Oc1c2c(c(OC(C)=O)c3c1SC(=C1CCCC1=O)S3)SC(=C1CCCC1=O)S2. The molecule has 10 heteroatoms. The second kappa shape index (κ2) is 8.62. The number of carbonyl (C=O) groups is 4. The van der Waals surface area contributed by atoms with E-state index in [1.54, 1.807) is 0 Å². The van der Waals surface area contributed by atoms with Crippen molar-refractivity contribution in [1.82, 2.24) is 0 Å². The van der Waals surface area contributed by atoms with Crippen molar-refractivity contribution in [3.8, 4) is 11.5 Å². The molecule has 4 aliphatic rings. The van der Waals surface area contributed by atoms with Crippen molar-refractivity contribution in [2.45, 2.75) is 72.0 Å². The fourth-order valence-corrected chi connectivity index (χ4v) is 9.73. The van der Waals surface area contributed by atoms with Crippen LogP contribution in [0.5, 0.6) is 11.5 Å². The van der Waals surface area contributed by atoms with Crippen LogP contribution < -0.4 is 9.47 Å². The molecule has 1 aromatic rings. The van der Waals surface area contributed by atoms with Crippen LogP contribution in [0, 0.1) is 0 Å². The second-order valence-corrected chi connectivity index (χ2v) is 12.3. The van der Waals surface area contributed by atoms with Gasteiger partial charge in [0.25, 0.3) is 0 Å². The van der Waals surface area contributed by atoms with E-state index >= 15 is 0 Å². The van der Waals surface area contributed by atoms with Crippen LogP contribution in [-0.4, -0.2) is 23.5 Å². The zero-order chi connectivity index (χ0) is 22.6. The number of ketones is 2. The molecule has 0 bridgehead atoms. The smallest absolute Gasteiger partial charge is 0.308 e. The van der Waals surface area contributed by atoms with Gasteiger partial charge in [0.15, 0.2) is 23.1 Å². The molecule has 5 rings (SSSR count). The number of esters is 2.